The molecule has 188 valence electrons. The first-order chi connectivity index (χ1) is 16.8. The Kier molecular flexibility index (Phi) is 6.98. The van der Waals surface area contributed by atoms with Gasteiger partial charge in [-0.05, 0) is 53.9 Å². The summed E-state index contributed by atoms with van der Waals surface area (Å²) in [6.45, 7) is 1.35. The average Bonchev–Trinajstić information content (AvgIpc) is 3.40. The minimum Gasteiger partial charge on any atom is -0.394 e. The number of nitrogens with two attached hydrogens (primary N) is 1. The van der Waals surface area contributed by atoms with Crippen molar-refractivity contribution < 1.29 is 27.2 Å². The highest BCUT2D eigenvalue weighted by Crippen LogP contribution is 2.65. The predicted octanol–water partition coefficient (Wildman–Crippen LogP) is 6.74. The van der Waals surface area contributed by atoms with Gasteiger partial charge in [-0.15, -0.1) is 23.2 Å². The second kappa shape index (κ2) is 9.57. The van der Waals surface area contributed by atoms with Crippen LogP contribution in [0.1, 0.15) is 33.0 Å². The van der Waals surface area contributed by atoms with Crippen LogP contribution in [0.15, 0.2) is 42.5 Å². The lowest BCUT2D eigenvalue weighted by atomic mass is 9.97. The van der Waals surface area contributed by atoms with E-state index in [0.717, 1.165) is 24.3 Å². The van der Waals surface area contributed by atoms with E-state index in [1.807, 2.05) is 0 Å². The maximum absolute atomic E-state index is 14.6. The van der Waals surface area contributed by atoms with E-state index in [2.05, 4.69) is 5.32 Å². The molecule has 36 heavy (non-hydrogen) atoms. The summed E-state index contributed by atoms with van der Waals surface area (Å²) in [6.07, 6.45) is -0.517. The molecule has 1 aliphatic rings. The molecule has 0 spiro atoms. The number of anilines is 2. The number of rotatable bonds is 6. The first-order valence-electron chi connectivity index (χ1n) is 10.5. The van der Waals surface area contributed by atoms with Crippen LogP contribution in [0.4, 0.5) is 28.9 Å². The Morgan fingerprint density at radius 2 is 1.67 bits per heavy atom. The molecular formula is C25H17Cl3F4N2O2. The van der Waals surface area contributed by atoms with Gasteiger partial charge >= 0.3 is 0 Å². The minimum absolute atomic E-state index is 0.0252. The molecule has 1 saturated carbocycles. The molecular weight excluding hydrogens is 543 g/mol. The quantitative estimate of drug-likeness (QED) is 0.152. The van der Waals surface area contributed by atoms with E-state index in [1.54, 1.807) is 0 Å². The lowest BCUT2D eigenvalue weighted by Crippen LogP contribution is -2.18. The van der Waals surface area contributed by atoms with E-state index in [4.69, 9.17) is 40.5 Å². The van der Waals surface area contributed by atoms with Crippen molar-refractivity contribution in [1.82, 2.24) is 0 Å². The maximum atomic E-state index is 14.6. The highest BCUT2D eigenvalue weighted by atomic mass is 35.5. The van der Waals surface area contributed by atoms with E-state index in [-0.39, 0.29) is 27.4 Å². The van der Waals surface area contributed by atoms with Gasteiger partial charge in [-0.1, -0.05) is 23.7 Å². The molecule has 3 aromatic rings. The minimum atomic E-state index is -1.52. The van der Waals surface area contributed by atoms with Crippen molar-refractivity contribution in [3.8, 4) is 0 Å². The van der Waals surface area contributed by atoms with Crippen LogP contribution in [0.25, 0.3) is 0 Å². The van der Waals surface area contributed by atoms with E-state index in [9.17, 15) is 27.2 Å². The Bertz CT molecular complexity index is 1410. The van der Waals surface area contributed by atoms with Gasteiger partial charge < -0.3 is 11.1 Å². The lowest BCUT2D eigenvalue weighted by molar-refractivity contribution is -0.117. The van der Waals surface area contributed by atoms with Gasteiger partial charge in [-0.25, -0.2) is 17.6 Å². The van der Waals surface area contributed by atoms with Gasteiger partial charge in [-0.3, -0.25) is 9.59 Å². The van der Waals surface area contributed by atoms with Crippen molar-refractivity contribution >= 4 is 57.9 Å². The molecule has 0 aromatic heterocycles. The van der Waals surface area contributed by atoms with Gasteiger partial charge in [0.2, 0.25) is 5.91 Å². The summed E-state index contributed by atoms with van der Waals surface area (Å²) in [6, 6.07) is 8.10. The normalized spacial score (nSPS) is 18.1. The number of ketones is 1. The second-order valence-corrected chi connectivity index (χ2v) is 10.3. The molecule has 1 fully saturated rings. The first kappa shape index (κ1) is 26.3. The number of amides is 1. The topological polar surface area (TPSA) is 72.2 Å². The maximum Gasteiger partial charge on any atom is 0.231 e. The number of nitrogen functional groups attached to an aromatic ring is 1. The summed E-state index contributed by atoms with van der Waals surface area (Å²) in [5.41, 5.74) is 4.69. The van der Waals surface area contributed by atoms with Crippen LogP contribution in [0.3, 0.4) is 0 Å². The summed E-state index contributed by atoms with van der Waals surface area (Å²) in [7, 11) is 0. The zero-order valence-corrected chi connectivity index (χ0v) is 20.7. The fourth-order valence-electron chi connectivity index (χ4n) is 4.05. The largest absolute Gasteiger partial charge is 0.394 e. The summed E-state index contributed by atoms with van der Waals surface area (Å²) in [5.74, 6) is -6.50. The van der Waals surface area contributed by atoms with Crippen molar-refractivity contribution in [3.63, 3.8) is 0 Å². The van der Waals surface area contributed by atoms with Crippen LogP contribution < -0.4 is 11.1 Å². The van der Waals surface area contributed by atoms with Crippen LogP contribution in [0.5, 0.6) is 0 Å². The molecule has 4 rings (SSSR count). The number of nitrogens with one attached hydrogen (secondary N) is 1. The number of hydrogen-bond donors (Lipinski definition) is 2. The van der Waals surface area contributed by atoms with Gasteiger partial charge in [0, 0.05) is 23.6 Å². The van der Waals surface area contributed by atoms with Crippen molar-refractivity contribution in [1.29, 1.82) is 0 Å². The molecule has 0 heterocycles. The molecule has 0 radical (unpaired) electrons. The molecule has 3 N–H and O–H groups in total. The van der Waals surface area contributed by atoms with Gasteiger partial charge in [0.1, 0.15) is 27.5 Å². The molecule has 1 amide bonds. The molecule has 3 aromatic carbocycles. The van der Waals surface area contributed by atoms with Crippen LogP contribution in [-0.4, -0.2) is 16.0 Å². The molecule has 0 saturated heterocycles. The number of benzene rings is 3. The standard InChI is InChI=1S/C25H17Cl3F4N2O2/c1-10-14(19(35)7-12-3-5-17(30)23(33)22(12)32)8-13(9-18(10)31)34-24(36)21-20(25(21,27)28)11-2-4-16(29)15(26)6-11/h2-6,8-9,20-21H,7,33H2,1H3,(H,34,36). The van der Waals surface area contributed by atoms with Crippen LogP contribution in [0, 0.1) is 36.1 Å². The van der Waals surface area contributed by atoms with Crippen molar-refractivity contribution in [2.75, 3.05) is 11.1 Å². The number of halogens is 7. The van der Waals surface area contributed by atoms with E-state index in [0.29, 0.717) is 5.56 Å². The molecule has 4 nitrogen and oxygen atoms in total. The lowest BCUT2D eigenvalue weighted by Gasteiger charge is -2.12. The number of carbonyl (C=O) groups is 2. The number of carbonyl (C=O) groups excluding carboxylic acids is 2. The van der Waals surface area contributed by atoms with Gasteiger partial charge in [0.05, 0.1) is 10.9 Å². The van der Waals surface area contributed by atoms with Crippen LogP contribution in [-0.2, 0) is 11.2 Å². The van der Waals surface area contributed by atoms with Gasteiger partial charge in [0.15, 0.2) is 11.6 Å². The Morgan fingerprint density at radius 3 is 2.33 bits per heavy atom. The Labute approximate surface area is 218 Å². The SMILES string of the molecule is Cc1c(F)cc(NC(=O)C2C(c3ccc(F)c(Cl)c3)C2(Cl)Cl)cc1C(=O)Cc1ccc(F)c(N)c1F. The zero-order chi connectivity index (χ0) is 26.5. The molecule has 11 heteroatoms. The number of Topliss-reactive ketones (excluding diaryl/α,β-unsaturated/α-hetero) is 1. The van der Waals surface area contributed by atoms with E-state index in [1.165, 1.54) is 25.1 Å². The third-order valence-corrected chi connectivity index (χ3v) is 7.34. The fourth-order valence-corrected chi connectivity index (χ4v) is 5.07. The van der Waals surface area contributed by atoms with Crippen LogP contribution >= 0.6 is 34.8 Å². The van der Waals surface area contributed by atoms with Crippen molar-refractivity contribution in [2.45, 2.75) is 23.6 Å². The number of alkyl halides is 2. The summed E-state index contributed by atoms with van der Waals surface area (Å²) >= 11 is 18.4. The van der Waals surface area contributed by atoms with E-state index >= 15 is 0 Å². The molecule has 2 atom stereocenters. The van der Waals surface area contributed by atoms with Crippen molar-refractivity contribution in [2.24, 2.45) is 5.92 Å². The smallest absolute Gasteiger partial charge is 0.231 e. The highest BCUT2D eigenvalue weighted by Gasteiger charge is 2.67. The highest BCUT2D eigenvalue weighted by molar-refractivity contribution is 6.53. The molecule has 2 unspecified atom stereocenters. The average molecular weight is 560 g/mol. The van der Waals surface area contributed by atoms with Crippen LogP contribution in [0.2, 0.25) is 5.02 Å². The first-order valence-corrected chi connectivity index (χ1v) is 11.7. The molecule has 0 bridgehead atoms. The Morgan fingerprint density at radius 1 is 1.00 bits per heavy atom. The Balaban J connectivity index is 1.56. The fraction of sp³-hybridized carbons (Fsp3) is 0.200. The Hall–Kier alpha value is -2.81. The monoisotopic (exact) mass is 558 g/mol. The zero-order valence-electron chi connectivity index (χ0n) is 18.4. The second-order valence-electron chi connectivity index (χ2n) is 8.46. The summed E-state index contributed by atoms with van der Waals surface area (Å²) < 4.78 is 54.3. The molecule has 0 aliphatic heterocycles. The van der Waals surface area contributed by atoms with Gasteiger partial charge in [-0.2, -0.15) is 0 Å². The number of hydrogen-bond acceptors (Lipinski definition) is 3. The summed E-state index contributed by atoms with van der Waals surface area (Å²) in [5, 5.41) is 2.33. The van der Waals surface area contributed by atoms with Gasteiger partial charge in [0.25, 0.3) is 0 Å². The molecule has 1 aliphatic carbocycles. The van der Waals surface area contributed by atoms with Crippen molar-refractivity contribution in [3.05, 3.63) is 93.0 Å². The summed E-state index contributed by atoms with van der Waals surface area (Å²) in [4.78, 5) is 25.8. The third-order valence-electron chi connectivity index (χ3n) is 6.11. The predicted molar refractivity (Wildman–Crippen MR) is 131 cm³/mol. The van der Waals surface area contributed by atoms with E-state index < -0.39 is 63.2 Å². The third kappa shape index (κ3) is 4.77.